The van der Waals surface area contributed by atoms with Gasteiger partial charge in [-0.2, -0.15) is 4.99 Å². The van der Waals surface area contributed by atoms with E-state index in [-0.39, 0.29) is 0 Å². The van der Waals surface area contributed by atoms with Crippen LogP contribution in [0.4, 0.5) is 0 Å². The number of nitrogens with zero attached hydrogens (tertiary/aromatic N) is 3. The Kier molecular flexibility index (Phi) is 5.20. The molecule has 0 saturated heterocycles. The van der Waals surface area contributed by atoms with Crippen LogP contribution in [0.25, 0.3) is 16.9 Å². The largest absolute Gasteiger partial charge is 0.285 e. The SMILES string of the molecule is Brc1ccc(-c2csc(=NC3=NCCCS3)n2-c2ccccc2)cc1. The molecule has 0 N–H and O–H groups in total. The molecule has 3 nitrogen and oxygen atoms in total. The van der Waals surface area contributed by atoms with Crippen molar-refractivity contribution in [2.45, 2.75) is 6.42 Å². The number of para-hydroxylation sites is 1. The molecule has 3 aromatic rings. The number of hydrogen-bond acceptors (Lipinski definition) is 4. The average molecular weight is 430 g/mol. The van der Waals surface area contributed by atoms with Gasteiger partial charge in [0, 0.05) is 27.8 Å². The number of hydrogen-bond donors (Lipinski definition) is 0. The van der Waals surface area contributed by atoms with Gasteiger partial charge in [-0.05, 0) is 36.2 Å². The summed E-state index contributed by atoms with van der Waals surface area (Å²) in [4.78, 5) is 10.4. The van der Waals surface area contributed by atoms with Gasteiger partial charge < -0.3 is 0 Å². The summed E-state index contributed by atoms with van der Waals surface area (Å²) in [5.74, 6) is 1.10. The van der Waals surface area contributed by atoms with Crippen LogP contribution < -0.4 is 4.80 Å². The number of thiazole rings is 1. The molecular formula is C19H16BrN3S2. The summed E-state index contributed by atoms with van der Waals surface area (Å²) in [5, 5.41) is 3.06. The van der Waals surface area contributed by atoms with Crippen LogP contribution in [0.3, 0.4) is 0 Å². The Morgan fingerprint density at radius 1 is 1.04 bits per heavy atom. The molecule has 0 fully saturated rings. The number of benzene rings is 2. The van der Waals surface area contributed by atoms with Crippen molar-refractivity contribution in [1.82, 2.24) is 4.57 Å². The molecule has 4 rings (SSSR count). The van der Waals surface area contributed by atoms with Crippen molar-refractivity contribution in [2.24, 2.45) is 9.98 Å². The van der Waals surface area contributed by atoms with Gasteiger partial charge in [-0.1, -0.05) is 58.0 Å². The van der Waals surface area contributed by atoms with Crippen molar-refractivity contribution in [3.8, 4) is 16.9 Å². The molecular weight excluding hydrogens is 414 g/mol. The van der Waals surface area contributed by atoms with Crippen LogP contribution in [-0.2, 0) is 0 Å². The van der Waals surface area contributed by atoms with Crippen molar-refractivity contribution in [1.29, 1.82) is 0 Å². The third kappa shape index (κ3) is 3.81. The predicted octanol–water partition coefficient (Wildman–Crippen LogP) is 5.36. The summed E-state index contributed by atoms with van der Waals surface area (Å²) < 4.78 is 3.29. The number of halogens is 1. The van der Waals surface area contributed by atoms with Crippen LogP contribution in [0.1, 0.15) is 6.42 Å². The minimum atomic E-state index is 0.877. The van der Waals surface area contributed by atoms with Gasteiger partial charge in [-0.25, -0.2) is 0 Å². The molecule has 0 atom stereocenters. The van der Waals surface area contributed by atoms with Crippen LogP contribution in [0.2, 0.25) is 0 Å². The molecule has 1 aliphatic heterocycles. The molecule has 6 heteroatoms. The van der Waals surface area contributed by atoms with E-state index in [0.717, 1.165) is 44.5 Å². The molecule has 0 unspecified atom stereocenters. The lowest BCUT2D eigenvalue weighted by Crippen LogP contribution is -2.16. The third-order valence-electron chi connectivity index (χ3n) is 3.83. The Morgan fingerprint density at radius 2 is 1.84 bits per heavy atom. The van der Waals surface area contributed by atoms with Crippen molar-refractivity contribution in [3.63, 3.8) is 0 Å². The molecule has 1 aromatic heterocycles. The lowest BCUT2D eigenvalue weighted by Gasteiger charge is -2.10. The second-order valence-electron chi connectivity index (χ2n) is 5.56. The van der Waals surface area contributed by atoms with Crippen molar-refractivity contribution in [2.75, 3.05) is 12.3 Å². The molecule has 0 aliphatic carbocycles. The van der Waals surface area contributed by atoms with E-state index < -0.39 is 0 Å². The molecule has 0 saturated carbocycles. The molecule has 2 aromatic carbocycles. The smallest absolute Gasteiger partial charge is 0.197 e. The van der Waals surface area contributed by atoms with Gasteiger partial charge in [-0.3, -0.25) is 9.56 Å². The molecule has 1 aliphatic rings. The minimum absolute atomic E-state index is 0.877. The number of amidine groups is 1. The standard InChI is InChI=1S/C19H16BrN3S2/c20-15-9-7-14(8-10-15)17-13-25-19(22-18-21-11-4-12-24-18)23(17)16-5-2-1-3-6-16/h1-3,5-10,13H,4,11-12H2. The van der Waals surface area contributed by atoms with Gasteiger partial charge in [0.05, 0.1) is 5.69 Å². The first-order chi connectivity index (χ1) is 12.3. The van der Waals surface area contributed by atoms with Crippen LogP contribution >= 0.6 is 39.0 Å². The van der Waals surface area contributed by atoms with Crippen LogP contribution in [-0.4, -0.2) is 22.0 Å². The maximum atomic E-state index is 4.84. The highest BCUT2D eigenvalue weighted by Gasteiger charge is 2.12. The van der Waals surface area contributed by atoms with Crippen LogP contribution in [0.5, 0.6) is 0 Å². The van der Waals surface area contributed by atoms with Gasteiger partial charge >= 0.3 is 0 Å². The monoisotopic (exact) mass is 429 g/mol. The summed E-state index contributed by atoms with van der Waals surface area (Å²) >= 11 is 6.90. The molecule has 0 spiro atoms. The summed E-state index contributed by atoms with van der Waals surface area (Å²) in [7, 11) is 0. The summed E-state index contributed by atoms with van der Waals surface area (Å²) in [6, 6.07) is 18.8. The number of aromatic nitrogens is 1. The highest BCUT2D eigenvalue weighted by molar-refractivity contribution is 9.10. The first kappa shape index (κ1) is 16.8. The molecule has 126 valence electrons. The van der Waals surface area contributed by atoms with E-state index in [0.29, 0.717) is 0 Å². The van der Waals surface area contributed by atoms with E-state index in [9.17, 15) is 0 Å². The van der Waals surface area contributed by atoms with E-state index in [1.165, 1.54) is 5.56 Å². The summed E-state index contributed by atoms with van der Waals surface area (Å²) in [6.45, 7) is 0.877. The van der Waals surface area contributed by atoms with E-state index in [4.69, 9.17) is 4.99 Å². The lowest BCUT2D eigenvalue weighted by molar-refractivity contribution is 0.932. The molecule has 25 heavy (non-hydrogen) atoms. The van der Waals surface area contributed by atoms with Gasteiger partial charge in [0.2, 0.25) is 0 Å². The quantitative estimate of drug-likeness (QED) is 0.538. The maximum absolute atomic E-state index is 4.84. The molecule has 0 amide bonds. The summed E-state index contributed by atoms with van der Waals surface area (Å²) in [5.41, 5.74) is 3.42. The van der Waals surface area contributed by atoms with E-state index in [1.54, 1.807) is 23.1 Å². The predicted molar refractivity (Wildman–Crippen MR) is 112 cm³/mol. The second kappa shape index (κ2) is 7.72. The first-order valence-electron chi connectivity index (χ1n) is 8.05. The number of thioether (sulfide) groups is 1. The molecule has 0 bridgehead atoms. The van der Waals surface area contributed by atoms with Crippen molar-refractivity contribution >= 4 is 44.2 Å². The first-order valence-corrected chi connectivity index (χ1v) is 10.7. The van der Waals surface area contributed by atoms with Crippen molar-refractivity contribution < 1.29 is 0 Å². The highest BCUT2D eigenvalue weighted by atomic mass is 79.9. The zero-order valence-electron chi connectivity index (χ0n) is 13.4. The van der Waals surface area contributed by atoms with Gasteiger partial charge in [0.1, 0.15) is 0 Å². The fraction of sp³-hybridized carbons (Fsp3) is 0.158. The molecule has 0 radical (unpaired) electrons. The zero-order chi connectivity index (χ0) is 17.1. The van der Waals surface area contributed by atoms with Crippen molar-refractivity contribution in [3.05, 3.63) is 69.3 Å². The Labute approximate surface area is 163 Å². The Hall–Kier alpha value is -1.63. The normalized spacial score (nSPS) is 15.2. The average Bonchev–Trinajstić information content (AvgIpc) is 3.07. The highest BCUT2D eigenvalue weighted by Crippen LogP contribution is 2.25. The fourth-order valence-corrected chi connectivity index (χ4v) is 4.65. The Morgan fingerprint density at radius 3 is 2.56 bits per heavy atom. The maximum Gasteiger partial charge on any atom is 0.197 e. The topological polar surface area (TPSA) is 29.6 Å². The lowest BCUT2D eigenvalue weighted by atomic mass is 10.1. The van der Waals surface area contributed by atoms with Gasteiger partial charge in [0.25, 0.3) is 0 Å². The number of aliphatic imine (C=N–C) groups is 1. The Bertz CT molecular complexity index is 956. The zero-order valence-corrected chi connectivity index (χ0v) is 16.6. The van der Waals surface area contributed by atoms with Gasteiger partial charge in [-0.15, -0.1) is 11.3 Å². The second-order valence-corrected chi connectivity index (χ2v) is 8.37. The fourth-order valence-electron chi connectivity index (χ4n) is 2.64. The van der Waals surface area contributed by atoms with Gasteiger partial charge in [0.15, 0.2) is 9.97 Å². The summed E-state index contributed by atoms with van der Waals surface area (Å²) in [6.07, 6.45) is 1.14. The van der Waals surface area contributed by atoms with Crippen LogP contribution in [0.15, 0.2) is 74.4 Å². The Balaban J connectivity index is 1.89. The van der Waals surface area contributed by atoms with E-state index >= 15 is 0 Å². The minimum Gasteiger partial charge on any atom is -0.285 e. The van der Waals surface area contributed by atoms with Crippen LogP contribution in [0, 0.1) is 0 Å². The third-order valence-corrected chi connectivity index (χ3v) is 6.16. The number of rotatable bonds is 2. The van der Waals surface area contributed by atoms with E-state index in [1.807, 2.05) is 6.07 Å². The molecule has 2 heterocycles. The van der Waals surface area contributed by atoms with E-state index in [2.05, 4.69) is 79.4 Å².